The van der Waals surface area contributed by atoms with Crippen molar-refractivity contribution in [1.29, 1.82) is 0 Å². The third-order valence-electron chi connectivity index (χ3n) is 2.51. The molecule has 0 aliphatic carbocycles. The van der Waals surface area contributed by atoms with Crippen molar-refractivity contribution in [2.24, 2.45) is 0 Å². The Bertz CT molecular complexity index is 497. The molecule has 17 heavy (non-hydrogen) atoms. The zero-order valence-electron chi connectivity index (χ0n) is 10.1. The van der Waals surface area contributed by atoms with Crippen LogP contribution in [-0.2, 0) is 0 Å². The molecule has 0 atom stereocenters. The normalized spacial score (nSPS) is 10.0. The highest BCUT2D eigenvalue weighted by Gasteiger charge is 2.06. The number of hydrogen-bond donors (Lipinski definition) is 1. The molecule has 1 aromatic heterocycles. The lowest BCUT2D eigenvalue weighted by atomic mass is 10.1. The summed E-state index contributed by atoms with van der Waals surface area (Å²) < 4.78 is 5.60. The Kier molecular flexibility index (Phi) is 3.60. The number of rotatable bonds is 4. The summed E-state index contributed by atoms with van der Waals surface area (Å²) in [7, 11) is 1.90. The summed E-state index contributed by atoms with van der Waals surface area (Å²) in [6.45, 7) is 2.64. The summed E-state index contributed by atoms with van der Waals surface area (Å²) in [6, 6.07) is 11.9. The molecule has 88 valence electrons. The minimum atomic E-state index is 0.655. The van der Waals surface area contributed by atoms with E-state index in [9.17, 15) is 0 Å². The summed E-state index contributed by atoms with van der Waals surface area (Å²) in [4.78, 5) is 4.38. The van der Waals surface area contributed by atoms with Crippen LogP contribution in [0.1, 0.15) is 6.92 Å². The van der Waals surface area contributed by atoms with Crippen molar-refractivity contribution in [1.82, 2.24) is 4.98 Å². The lowest BCUT2D eigenvalue weighted by Crippen LogP contribution is -1.95. The monoisotopic (exact) mass is 228 g/mol. The van der Waals surface area contributed by atoms with Gasteiger partial charge in [-0.15, -0.1) is 0 Å². The highest BCUT2D eigenvalue weighted by Crippen LogP contribution is 2.29. The second-order valence-electron chi connectivity index (χ2n) is 3.61. The first kappa shape index (κ1) is 11.5. The van der Waals surface area contributed by atoms with Crippen LogP contribution in [0.2, 0.25) is 0 Å². The van der Waals surface area contributed by atoms with Crippen molar-refractivity contribution in [3.8, 4) is 17.0 Å². The Morgan fingerprint density at radius 1 is 1.24 bits per heavy atom. The smallest absolute Gasteiger partial charge is 0.128 e. The van der Waals surface area contributed by atoms with E-state index >= 15 is 0 Å². The molecule has 0 fully saturated rings. The van der Waals surface area contributed by atoms with Crippen LogP contribution in [0.5, 0.6) is 5.75 Å². The van der Waals surface area contributed by atoms with Crippen LogP contribution in [0.25, 0.3) is 11.3 Å². The van der Waals surface area contributed by atoms with Crippen molar-refractivity contribution in [3.05, 3.63) is 42.6 Å². The van der Waals surface area contributed by atoms with Crippen molar-refractivity contribution >= 4 is 5.69 Å². The summed E-state index contributed by atoms with van der Waals surface area (Å²) in [6.07, 6.45) is 1.80. The van der Waals surface area contributed by atoms with Gasteiger partial charge >= 0.3 is 0 Å². The van der Waals surface area contributed by atoms with Gasteiger partial charge in [-0.3, -0.25) is 4.98 Å². The largest absolute Gasteiger partial charge is 0.493 e. The fourth-order valence-corrected chi connectivity index (χ4v) is 1.69. The van der Waals surface area contributed by atoms with Gasteiger partial charge in [0.15, 0.2) is 0 Å². The van der Waals surface area contributed by atoms with E-state index in [0.29, 0.717) is 6.61 Å². The van der Waals surface area contributed by atoms with Gasteiger partial charge in [-0.25, -0.2) is 0 Å². The minimum Gasteiger partial charge on any atom is -0.493 e. The van der Waals surface area contributed by atoms with Gasteiger partial charge in [-0.1, -0.05) is 12.1 Å². The van der Waals surface area contributed by atoms with Crippen LogP contribution in [0.3, 0.4) is 0 Å². The quantitative estimate of drug-likeness (QED) is 0.872. The Morgan fingerprint density at radius 3 is 2.82 bits per heavy atom. The van der Waals surface area contributed by atoms with E-state index in [0.717, 1.165) is 22.7 Å². The van der Waals surface area contributed by atoms with Gasteiger partial charge in [0.1, 0.15) is 5.75 Å². The molecule has 3 nitrogen and oxygen atoms in total. The molecule has 1 heterocycles. The molecular weight excluding hydrogens is 212 g/mol. The summed E-state index contributed by atoms with van der Waals surface area (Å²) in [5, 5.41) is 3.11. The van der Waals surface area contributed by atoms with Crippen LogP contribution in [-0.4, -0.2) is 18.6 Å². The fourth-order valence-electron chi connectivity index (χ4n) is 1.69. The SMILES string of the molecule is CCOc1ccccc1-c1cc(NC)ccn1. The predicted molar refractivity (Wildman–Crippen MR) is 70.4 cm³/mol. The van der Waals surface area contributed by atoms with Gasteiger partial charge in [0.05, 0.1) is 12.3 Å². The summed E-state index contributed by atoms with van der Waals surface area (Å²) in [5.41, 5.74) is 2.98. The summed E-state index contributed by atoms with van der Waals surface area (Å²) in [5.74, 6) is 0.871. The maximum Gasteiger partial charge on any atom is 0.128 e. The average molecular weight is 228 g/mol. The second-order valence-corrected chi connectivity index (χ2v) is 3.61. The van der Waals surface area contributed by atoms with Gasteiger partial charge in [0.2, 0.25) is 0 Å². The van der Waals surface area contributed by atoms with Crippen LogP contribution < -0.4 is 10.1 Å². The Balaban J connectivity index is 2.44. The molecule has 3 heteroatoms. The molecule has 0 unspecified atom stereocenters. The van der Waals surface area contributed by atoms with Gasteiger partial charge in [0.25, 0.3) is 0 Å². The number of ether oxygens (including phenoxy) is 1. The number of nitrogens with zero attached hydrogens (tertiary/aromatic N) is 1. The molecule has 2 aromatic rings. The molecule has 1 aromatic carbocycles. The third kappa shape index (κ3) is 2.56. The van der Waals surface area contributed by atoms with E-state index in [-0.39, 0.29) is 0 Å². The minimum absolute atomic E-state index is 0.655. The predicted octanol–water partition coefficient (Wildman–Crippen LogP) is 3.19. The molecule has 0 aliphatic rings. The number of nitrogens with one attached hydrogen (secondary N) is 1. The zero-order chi connectivity index (χ0) is 12.1. The first-order valence-electron chi connectivity index (χ1n) is 5.71. The number of aromatic nitrogens is 1. The molecule has 0 radical (unpaired) electrons. The molecule has 0 amide bonds. The van der Waals surface area contributed by atoms with Crippen molar-refractivity contribution in [2.45, 2.75) is 6.92 Å². The lowest BCUT2D eigenvalue weighted by Gasteiger charge is -2.10. The first-order chi connectivity index (χ1) is 8.35. The molecule has 0 saturated heterocycles. The van der Waals surface area contributed by atoms with Crippen LogP contribution in [0.15, 0.2) is 42.6 Å². The maximum absolute atomic E-state index is 5.60. The van der Waals surface area contributed by atoms with E-state index in [2.05, 4.69) is 10.3 Å². The number of hydrogen-bond acceptors (Lipinski definition) is 3. The van der Waals surface area contributed by atoms with E-state index in [1.54, 1.807) is 6.20 Å². The lowest BCUT2D eigenvalue weighted by molar-refractivity contribution is 0.341. The molecule has 0 spiro atoms. The highest BCUT2D eigenvalue weighted by molar-refractivity contribution is 5.69. The summed E-state index contributed by atoms with van der Waals surface area (Å²) >= 11 is 0. The highest BCUT2D eigenvalue weighted by atomic mass is 16.5. The first-order valence-corrected chi connectivity index (χ1v) is 5.71. The van der Waals surface area contributed by atoms with Crippen LogP contribution in [0.4, 0.5) is 5.69 Å². The molecule has 1 N–H and O–H groups in total. The number of benzene rings is 1. The van der Waals surface area contributed by atoms with Crippen LogP contribution >= 0.6 is 0 Å². The maximum atomic E-state index is 5.60. The van der Waals surface area contributed by atoms with E-state index in [4.69, 9.17) is 4.74 Å². The number of pyridine rings is 1. The van der Waals surface area contributed by atoms with Crippen molar-refractivity contribution in [3.63, 3.8) is 0 Å². The molecule has 2 rings (SSSR count). The second kappa shape index (κ2) is 5.34. The standard InChI is InChI=1S/C14H16N2O/c1-3-17-14-7-5-4-6-12(14)13-10-11(15-2)8-9-16-13/h4-10H,3H2,1-2H3,(H,15,16). The Hall–Kier alpha value is -2.03. The van der Waals surface area contributed by atoms with Gasteiger partial charge in [-0.05, 0) is 31.2 Å². The molecule has 0 aliphatic heterocycles. The molecular formula is C14H16N2O. The van der Waals surface area contributed by atoms with Gasteiger partial charge in [0, 0.05) is 24.5 Å². The van der Waals surface area contributed by atoms with Gasteiger partial charge in [-0.2, -0.15) is 0 Å². The Morgan fingerprint density at radius 2 is 2.06 bits per heavy atom. The topological polar surface area (TPSA) is 34.1 Å². The van der Waals surface area contributed by atoms with Crippen molar-refractivity contribution < 1.29 is 4.74 Å². The number of para-hydroxylation sites is 1. The van der Waals surface area contributed by atoms with E-state index in [1.165, 1.54) is 0 Å². The number of anilines is 1. The molecule has 0 bridgehead atoms. The van der Waals surface area contributed by atoms with Crippen LogP contribution in [0, 0.1) is 0 Å². The fraction of sp³-hybridized carbons (Fsp3) is 0.214. The third-order valence-corrected chi connectivity index (χ3v) is 2.51. The molecule has 0 saturated carbocycles. The van der Waals surface area contributed by atoms with E-state index < -0.39 is 0 Å². The van der Waals surface area contributed by atoms with E-state index in [1.807, 2.05) is 50.4 Å². The Labute approximate surface area is 101 Å². The zero-order valence-corrected chi connectivity index (χ0v) is 10.1. The van der Waals surface area contributed by atoms with Crippen molar-refractivity contribution in [2.75, 3.05) is 19.0 Å². The van der Waals surface area contributed by atoms with Gasteiger partial charge < -0.3 is 10.1 Å². The average Bonchev–Trinajstić information content (AvgIpc) is 2.40.